The van der Waals surface area contributed by atoms with E-state index >= 15 is 0 Å². The van der Waals surface area contributed by atoms with E-state index in [0.717, 1.165) is 36.0 Å². The number of rotatable bonds is 2. The Morgan fingerprint density at radius 1 is 1.33 bits per heavy atom. The van der Waals surface area contributed by atoms with Crippen molar-refractivity contribution in [3.05, 3.63) is 29.5 Å². The van der Waals surface area contributed by atoms with E-state index in [4.69, 9.17) is 9.15 Å². The van der Waals surface area contributed by atoms with Crippen molar-refractivity contribution in [3.63, 3.8) is 0 Å². The number of amides is 3. The van der Waals surface area contributed by atoms with E-state index in [1.54, 1.807) is 16.8 Å². The molecule has 3 heterocycles. The number of likely N-dealkylation sites (tertiary alicyclic amines) is 1. The van der Waals surface area contributed by atoms with Gasteiger partial charge in [0.2, 0.25) is 0 Å². The SMILES string of the molecule is CCc1oc2c(NC(=O)N3CCCC4(CN(C)C(=O)O4)C3)cccc2c1C. The van der Waals surface area contributed by atoms with Crippen LogP contribution in [-0.2, 0) is 11.2 Å². The lowest BCUT2D eigenvalue weighted by Gasteiger charge is -2.38. The van der Waals surface area contributed by atoms with E-state index in [9.17, 15) is 9.59 Å². The summed E-state index contributed by atoms with van der Waals surface area (Å²) in [4.78, 5) is 28.0. The fourth-order valence-corrected chi connectivity index (χ4v) is 4.20. The molecule has 1 N–H and O–H groups in total. The first-order valence-electron chi connectivity index (χ1n) is 9.43. The average molecular weight is 371 g/mol. The standard InChI is InChI=1S/C20H25N3O4/c1-4-16-13(2)14-7-5-8-15(17(14)26-16)21-18(24)23-10-6-9-20(12-23)11-22(3)19(25)27-20/h5,7-8H,4,6,9-12H2,1-3H3,(H,21,24). The van der Waals surface area contributed by atoms with Crippen molar-refractivity contribution in [2.45, 2.75) is 38.7 Å². The molecule has 3 amide bonds. The first-order chi connectivity index (χ1) is 12.9. The number of anilines is 1. The molecular weight excluding hydrogens is 346 g/mol. The summed E-state index contributed by atoms with van der Waals surface area (Å²) < 4.78 is 11.6. The first kappa shape index (κ1) is 17.7. The van der Waals surface area contributed by atoms with Crippen LogP contribution < -0.4 is 5.32 Å². The Labute approximate surface area is 158 Å². The largest absolute Gasteiger partial charge is 0.459 e. The third kappa shape index (κ3) is 3.01. The van der Waals surface area contributed by atoms with Crippen LogP contribution in [-0.4, -0.2) is 54.2 Å². The van der Waals surface area contributed by atoms with Gasteiger partial charge in [0, 0.05) is 25.4 Å². The van der Waals surface area contributed by atoms with Crippen LogP contribution in [0, 0.1) is 6.92 Å². The average Bonchev–Trinajstić information content (AvgIpc) is 3.12. The minimum Gasteiger partial charge on any atom is -0.459 e. The van der Waals surface area contributed by atoms with Gasteiger partial charge in [0.1, 0.15) is 11.4 Å². The number of carbonyl (C=O) groups excluding carboxylic acids is 2. The number of urea groups is 1. The van der Waals surface area contributed by atoms with Gasteiger partial charge in [0.15, 0.2) is 5.58 Å². The highest BCUT2D eigenvalue weighted by Gasteiger charge is 2.47. The number of nitrogens with zero attached hydrogens (tertiary/aromatic N) is 2. The van der Waals surface area contributed by atoms with Crippen LogP contribution in [0.25, 0.3) is 11.0 Å². The summed E-state index contributed by atoms with van der Waals surface area (Å²) in [5.41, 5.74) is 1.89. The minimum absolute atomic E-state index is 0.195. The second-order valence-corrected chi connectivity index (χ2v) is 7.55. The Balaban J connectivity index is 1.54. The van der Waals surface area contributed by atoms with Gasteiger partial charge in [-0.1, -0.05) is 19.1 Å². The van der Waals surface area contributed by atoms with E-state index in [1.165, 1.54) is 0 Å². The molecular formula is C20H25N3O4. The van der Waals surface area contributed by atoms with Crippen LogP contribution in [0.3, 0.4) is 0 Å². The number of piperidine rings is 1. The molecule has 1 aromatic heterocycles. The summed E-state index contributed by atoms with van der Waals surface area (Å²) in [7, 11) is 1.72. The quantitative estimate of drug-likeness (QED) is 0.872. The number of fused-ring (bicyclic) bond motifs is 1. The predicted molar refractivity (Wildman–Crippen MR) is 102 cm³/mol. The van der Waals surface area contributed by atoms with Gasteiger partial charge >= 0.3 is 12.1 Å². The Morgan fingerprint density at radius 2 is 2.15 bits per heavy atom. The number of ether oxygens (including phenoxy) is 1. The van der Waals surface area contributed by atoms with Gasteiger partial charge in [-0.25, -0.2) is 9.59 Å². The van der Waals surface area contributed by atoms with Crippen molar-refractivity contribution in [1.82, 2.24) is 9.80 Å². The minimum atomic E-state index is -0.593. The number of benzene rings is 1. The van der Waals surface area contributed by atoms with Crippen molar-refractivity contribution in [2.75, 3.05) is 32.0 Å². The zero-order chi connectivity index (χ0) is 19.2. The van der Waals surface area contributed by atoms with E-state index in [1.807, 2.05) is 25.1 Å². The molecule has 1 atom stereocenters. The van der Waals surface area contributed by atoms with Crippen LogP contribution in [0.15, 0.2) is 22.6 Å². The van der Waals surface area contributed by atoms with Crippen molar-refractivity contribution < 1.29 is 18.7 Å². The molecule has 0 radical (unpaired) electrons. The van der Waals surface area contributed by atoms with Gasteiger partial charge in [-0.05, 0) is 31.4 Å². The smallest absolute Gasteiger partial charge is 0.410 e. The van der Waals surface area contributed by atoms with E-state index in [0.29, 0.717) is 30.9 Å². The van der Waals surface area contributed by atoms with E-state index in [-0.39, 0.29) is 12.1 Å². The normalized spacial score (nSPS) is 22.6. The third-order valence-electron chi connectivity index (χ3n) is 5.59. The molecule has 2 aliphatic rings. The summed E-state index contributed by atoms with van der Waals surface area (Å²) in [6.45, 7) is 5.65. The summed E-state index contributed by atoms with van der Waals surface area (Å²) in [6.07, 6.45) is 2.07. The molecule has 4 rings (SSSR count). The van der Waals surface area contributed by atoms with Crippen LogP contribution in [0.1, 0.15) is 31.1 Å². The van der Waals surface area contributed by atoms with Crippen molar-refractivity contribution in [2.24, 2.45) is 0 Å². The van der Waals surface area contributed by atoms with Crippen LogP contribution in [0.5, 0.6) is 0 Å². The molecule has 27 heavy (non-hydrogen) atoms. The van der Waals surface area contributed by atoms with E-state index < -0.39 is 5.60 Å². The molecule has 2 aromatic rings. The van der Waals surface area contributed by atoms with Crippen LogP contribution in [0.4, 0.5) is 15.3 Å². The van der Waals surface area contributed by atoms with Crippen LogP contribution >= 0.6 is 0 Å². The van der Waals surface area contributed by atoms with Gasteiger partial charge in [-0.3, -0.25) is 0 Å². The fourth-order valence-electron chi connectivity index (χ4n) is 4.20. The molecule has 1 spiro atoms. The van der Waals surface area contributed by atoms with Gasteiger partial charge < -0.3 is 24.3 Å². The number of likely N-dealkylation sites (N-methyl/N-ethyl adjacent to an activating group) is 1. The predicted octanol–water partition coefficient (Wildman–Crippen LogP) is 3.75. The number of para-hydroxylation sites is 1. The molecule has 1 aromatic carbocycles. The van der Waals surface area contributed by atoms with Gasteiger partial charge in [-0.15, -0.1) is 0 Å². The number of nitrogens with one attached hydrogen (secondary N) is 1. The number of hydrogen-bond acceptors (Lipinski definition) is 4. The first-order valence-corrected chi connectivity index (χ1v) is 9.43. The van der Waals surface area contributed by atoms with Crippen molar-refractivity contribution in [3.8, 4) is 0 Å². The Morgan fingerprint density at radius 3 is 2.85 bits per heavy atom. The number of aryl methyl sites for hydroxylation is 2. The molecule has 2 saturated heterocycles. The molecule has 2 aliphatic heterocycles. The fraction of sp³-hybridized carbons (Fsp3) is 0.500. The highest BCUT2D eigenvalue weighted by Crippen LogP contribution is 2.33. The molecule has 2 fully saturated rings. The zero-order valence-electron chi connectivity index (χ0n) is 16.0. The molecule has 144 valence electrons. The monoisotopic (exact) mass is 371 g/mol. The Kier molecular flexibility index (Phi) is 4.25. The van der Waals surface area contributed by atoms with E-state index in [2.05, 4.69) is 12.2 Å². The molecule has 0 aliphatic carbocycles. The summed E-state index contributed by atoms with van der Waals surface area (Å²) >= 11 is 0. The van der Waals surface area contributed by atoms with Gasteiger partial charge in [-0.2, -0.15) is 0 Å². The molecule has 1 unspecified atom stereocenters. The van der Waals surface area contributed by atoms with Crippen molar-refractivity contribution >= 4 is 28.8 Å². The van der Waals surface area contributed by atoms with Crippen LogP contribution in [0.2, 0.25) is 0 Å². The molecule has 0 bridgehead atoms. The van der Waals surface area contributed by atoms with Gasteiger partial charge in [0.05, 0.1) is 18.8 Å². The molecule has 7 heteroatoms. The maximum atomic E-state index is 12.9. The summed E-state index contributed by atoms with van der Waals surface area (Å²) in [5, 5.41) is 4.01. The number of furan rings is 1. The maximum Gasteiger partial charge on any atom is 0.410 e. The third-order valence-corrected chi connectivity index (χ3v) is 5.59. The maximum absolute atomic E-state index is 12.9. The summed E-state index contributed by atoms with van der Waals surface area (Å²) in [5.74, 6) is 0.935. The van der Waals surface area contributed by atoms with Gasteiger partial charge in [0.25, 0.3) is 0 Å². The second kappa shape index (κ2) is 6.48. The number of hydrogen-bond donors (Lipinski definition) is 1. The topological polar surface area (TPSA) is 75.0 Å². The zero-order valence-corrected chi connectivity index (χ0v) is 16.0. The second-order valence-electron chi connectivity index (χ2n) is 7.55. The Hall–Kier alpha value is -2.70. The highest BCUT2D eigenvalue weighted by molar-refractivity contribution is 6.00. The summed E-state index contributed by atoms with van der Waals surface area (Å²) in [6, 6.07) is 5.59. The highest BCUT2D eigenvalue weighted by atomic mass is 16.6. The lowest BCUT2D eigenvalue weighted by atomic mass is 9.93. The van der Waals surface area contributed by atoms with Crippen molar-refractivity contribution in [1.29, 1.82) is 0 Å². The lowest BCUT2D eigenvalue weighted by Crippen LogP contribution is -2.53. The molecule has 7 nitrogen and oxygen atoms in total. The Bertz CT molecular complexity index is 906. The lowest BCUT2D eigenvalue weighted by molar-refractivity contribution is 0.00497. The molecule has 0 saturated carbocycles. The number of carbonyl (C=O) groups is 2.